The third-order valence-electron chi connectivity index (χ3n) is 1.74. The number of benzene rings is 1. The van der Waals surface area contributed by atoms with Gasteiger partial charge in [-0.3, -0.25) is 0 Å². The highest BCUT2D eigenvalue weighted by Crippen LogP contribution is 2.30. The highest BCUT2D eigenvalue weighted by molar-refractivity contribution is 6.19. The van der Waals surface area contributed by atoms with Crippen molar-refractivity contribution < 1.29 is 13.2 Å². The molecule has 0 unspecified atom stereocenters. The fraction of sp³-hybridized carbons (Fsp3) is 0.111. The normalized spacial score (nSPS) is 13.1. The summed E-state index contributed by atoms with van der Waals surface area (Å²) in [6.07, 6.45) is -3.45. The second-order valence-corrected chi connectivity index (χ2v) is 3.09. The molecule has 0 heterocycles. The predicted octanol–water partition coefficient (Wildman–Crippen LogP) is 2.10. The summed E-state index contributed by atoms with van der Waals surface area (Å²) in [5.74, 6) is -0.215. The average Bonchev–Trinajstić information content (AvgIpc) is 2.28. The van der Waals surface area contributed by atoms with Crippen LogP contribution >= 0.6 is 11.8 Å². The Kier molecular flexibility index (Phi) is 4.33. The lowest BCUT2D eigenvalue weighted by atomic mass is 10.1. The van der Waals surface area contributed by atoms with Gasteiger partial charge < -0.3 is 5.73 Å². The van der Waals surface area contributed by atoms with Gasteiger partial charge in [0.05, 0.1) is 11.8 Å². The number of nitrogens with two attached hydrogens (primary N) is 1. The van der Waals surface area contributed by atoms with Gasteiger partial charge in [-0.2, -0.15) is 18.3 Å². The van der Waals surface area contributed by atoms with Gasteiger partial charge in [0.25, 0.3) is 0 Å². The molecule has 0 radical (unpaired) electrons. The molecule has 92 valence electrons. The fourth-order valence-corrected chi connectivity index (χ4v) is 1.09. The van der Waals surface area contributed by atoms with Gasteiger partial charge in [0.1, 0.15) is 0 Å². The summed E-state index contributed by atoms with van der Waals surface area (Å²) < 4.78 is 40.7. The van der Waals surface area contributed by atoms with Crippen LogP contribution in [0.25, 0.3) is 0 Å². The summed E-state index contributed by atoms with van der Waals surface area (Å²) in [6, 6.07) is 5.00. The van der Waals surface area contributed by atoms with E-state index in [0.29, 0.717) is 0 Å². The number of nitrogens with zero attached hydrogens (tertiary/aromatic N) is 2. The maximum Gasteiger partial charge on any atom is 0.417 e. The van der Waals surface area contributed by atoms with E-state index in [1.54, 1.807) is 0 Å². The van der Waals surface area contributed by atoms with Crippen molar-refractivity contribution in [1.29, 1.82) is 0 Å². The Morgan fingerprint density at radius 2 is 2.00 bits per heavy atom. The molecule has 0 aliphatic heterocycles. The number of rotatable bonds is 2. The Labute approximate surface area is 100 Å². The van der Waals surface area contributed by atoms with Crippen LogP contribution in [0.3, 0.4) is 0 Å². The van der Waals surface area contributed by atoms with E-state index >= 15 is 0 Å². The van der Waals surface area contributed by atoms with E-state index in [2.05, 4.69) is 15.0 Å². The van der Waals surface area contributed by atoms with Crippen LogP contribution in [0.4, 0.5) is 13.2 Å². The lowest BCUT2D eigenvalue weighted by Crippen LogP contribution is -2.26. The van der Waals surface area contributed by atoms with Crippen LogP contribution in [-0.2, 0) is 6.18 Å². The molecule has 1 aromatic rings. The SMILES string of the molecule is N/C(=N\Cl)NN=Cc1ccccc1C(F)(F)F. The summed E-state index contributed by atoms with van der Waals surface area (Å²) >= 11 is 4.98. The first-order valence-electron chi connectivity index (χ1n) is 4.35. The molecule has 0 aromatic heterocycles. The predicted molar refractivity (Wildman–Crippen MR) is 59.6 cm³/mol. The quantitative estimate of drug-likeness (QED) is 0.488. The minimum atomic E-state index is -4.44. The molecule has 1 rings (SSSR count). The number of hydrogen-bond donors (Lipinski definition) is 2. The zero-order valence-corrected chi connectivity index (χ0v) is 9.13. The molecule has 0 spiro atoms. The standard InChI is InChI=1S/C9H8ClF3N4/c10-16-8(14)17-15-5-6-3-1-2-4-7(6)9(11,12)13/h1-5H,(H3,14,16,17). The van der Waals surface area contributed by atoms with Crippen LogP contribution in [0, 0.1) is 0 Å². The van der Waals surface area contributed by atoms with Gasteiger partial charge in [-0.15, -0.1) is 4.51 Å². The fourth-order valence-electron chi connectivity index (χ4n) is 1.05. The average molecular weight is 265 g/mol. The second-order valence-electron chi connectivity index (χ2n) is 2.92. The first-order chi connectivity index (χ1) is 7.95. The number of guanidine groups is 1. The smallest absolute Gasteiger partial charge is 0.367 e. The van der Waals surface area contributed by atoms with Crippen LogP contribution in [0.15, 0.2) is 33.9 Å². The monoisotopic (exact) mass is 264 g/mol. The van der Waals surface area contributed by atoms with E-state index in [0.717, 1.165) is 12.3 Å². The van der Waals surface area contributed by atoms with Gasteiger partial charge >= 0.3 is 6.18 Å². The molecule has 0 amide bonds. The van der Waals surface area contributed by atoms with Crippen LogP contribution < -0.4 is 11.2 Å². The van der Waals surface area contributed by atoms with E-state index in [1.807, 2.05) is 0 Å². The van der Waals surface area contributed by atoms with E-state index in [4.69, 9.17) is 17.5 Å². The first kappa shape index (κ1) is 13.3. The Balaban J connectivity index is 2.92. The first-order valence-corrected chi connectivity index (χ1v) is 4.68. The molecule has 0 aliphatic rings. The maximum absolute atomic E-state index is 12.5. The van der Waals surface area contributed by atoms with Gasteiger partial charge in [0.15, 0.2) is 0 Å². The Morgan fingerprint density at radius 1 is 1.35 bits per heavy atom. The zero-order valence-electron chi connectivity index (χ0n) is 8.37. The second kappa shape index (κ2) is 5.53. The molecular weight excluding hydrogens is 257 g/mol. The Morgan fingerprint density at radius 3 is 2.59 bits per heavy atom. The van der Waals surface area contributed by atoms with E-state index in [1.165, 1.54) is 18.2 Å². The molecule has 1 aromatic carbocycles. The summed E-state index contributed by atoms with van der Waals surface area (Å²) in [6.45, 7) is 0. The van der Waals surface area contributed by atoms with E-state index in [-0.39, 0.29) is 11.5 Å². The van der Waals surface area contributed by atoms with Crippen molar-refractivity contribution in [2.24, 2.45) is 15.3 Å². The summed E-state index contributed by atoms with van der Waals surface area (Å²) in [7, 11) is 0. The summed E-state index contributed by atoms with van der Waals surface area (Å²) in [5.41, 5.74) is 6.42. The summed E-state index contributed by atoms with van der Waals surface area (Å²) in [5, 5.41) is 3.47. The molecule has 0 atom stereocenters. The largest absolute Gasteiger partial charge is 0.417 e. The lowest BCUT2D eigenvalue weighted by Gasteiger charge is -2.09. The third-order valence-corrected chi connectivity index (χ3v) is 1.92. The highest BCUT2D eigenvalue weighted by atomic mass is 35.5. The molecule has 0 bridgehead atoms. The number of hydrogen-bond acceptors (Lipinski definition) is 2. The number of nitrogens with one attached hydrogen (secondary N) is 1. The van der Waals surface area contributed by atoms with Crippen molar-refractivity contribution in [2.45, 2.75) is 6.18 Å². The Hall–Kier alpha value is -1.76. The van der Waals surface area contributed by atoms with Crippen molar-refractivity contribution in [3.05, 3.63) is 35.4 Å². The molecule has 4 nitrogen and oxygen atoms in total. The topological polar surface area (TPSA) is 62.8 Å². The van der Waals surface area contributed by atoms with Crippen molar-refractivity contribution >= 4 is 24.0 Å². The van der Waals surface area contributed by atoms with Crippen molar-refractivity contribution in [1.82, 2.24) is 5.43 Å². The van der Waals surface area contributed by atoms with Crippen LogP contribution in [0.5, 0.6) is 0 Å². The summed E-state index contributed by atoms with van der Waals surface area (Å²) in [4.78, 5) is 0. The number of hydrazone groups is 1. The van der Waals surface area contributed by atoms with Gasteiger partial charge in [0, 0.05) is 17.3 Å². The zero-order chi connectivity index (χ0) is 12.9. The molecule has 0 fully saturated rings. The van der Waals surface area contributed by atoms with Crippen LogP contribution in [-0.4, -0.2) is 12.2 Å². The highest BCUT2D eigenvalue weighted by Gasteiger charge is 2.32. The molecule has 3 N–H and O–H groups in total. The molecule has 8 heteroatoms. The van der Waals surface area contributed by atoms with Crippen molar-refractivity contribution in [3.63, 3.8) is 0 Å². The van der Waals surface area contributed by atoms with Crippen molar-refractivity contribution in [2.75, 3.05) is 0 Å². The van der Waals surface area contributed by atoms with Crippen molar-refractivity contribution in [3.8, 4) is 0 Å². The maximum atomic E-state index is 12.5. The Bertz CT molecular complexity index is 442. The number of alkyl halides is 3. The van der Waals surface area contributed by atoms with Gasteiger partial charge in [-0.25, -0.2) is 5.43 Å². The molecule has 0 aliphatic carbocycles. The molecule has 17 heavy (non-hydrogen) atoms. The third kappa shape index (κ3) is 3.95. The molecule has 0 saturated carbocycles. The molecular formula is C9H8ClF3N4. The lowest BCUT2D eigenvalue weighted by molar-refractivity contribution is -0.137. The van der Waals surface area contributed by atoms with Gasteiger partial charge in [0.2, 0.25) is 5.96 Å². The minimum absolute atomic E-state index is 0.0881. The van der Waals surface area contributed by atoms with Crippen LogP contribution in [0.1, 0.15) is 11.1 Å². The van der Waals surface area contributed by atoms with Crippen LogP contribution in [0.2, 0.25) is 0 Å². The van der Waals surface area contributed by atoms with E-state index in [9.17, 15) is 13.2 Å². The minimum Gasteiger partial charge on any atom is -0.367 e. The van der Waals surface area contributed by atoms with Gasteiger partial charge in [-0.1, -0.05) is 18.2 Å². The molecule has 0 saturated heterocycles. The number of halogens is 4. The van der Waals surface area contributed by atoms with Gasteiger partial charge in [-0.05, 0) is 6.07 Å². The van der Waals surface area contributed by atoms with E-state index < -0.39 is 11.7 Å².